The van der Waals surface area contributed by atoms with Crippen molar-refractivity contribution in [3.05, 3.63) is 22.6 Å². The van der Waals surface area contributed by atoms with E-state index >= 15 is 0 Å². The maximum Gasteiger partial charge on any atom is 0.269 e. The van der Waals surface area contributed by atoms with Gasteiger partial charge >= 0.3 is 0 Å². The number of carbonyl (C=O) groups excluding carboxylic acids is 1. The first-order valence-corrected chi connectivity index (χ1v) is 7.75. The number of rotatable bonds is 7. The molecule has 0 radical (unpaired) electrons. The SMILES string of the molecule is CCC(CC)NC(=O)Cn1ncc(NC2CCC2)cc1=O. The third-order valence-corrected chi connectivity index (χ3v) is 3.99. The van der Waals surface area contributed by atoms with E-state index in [2.05, 4.69) is 15.7 Å². The summed E-state index contributed by atoms with van der Waals surface area (Å²) in [6.07, 6.45) is 6.90. The van der Waals surface area contributed by atoms with E-state index in [9.17, 15) is 9.59 Å². The van der Waals surface area contributed by atoms with Crippen molar-refractivity contribution < 1.29 is 4.79 Å². The summed E-state index contributed by atoms with van der Waals surface area (Å²) in [5, 5.41) is 10.2. The monoisotopic (exact) mass is 292 g/mol. The maximum absolute atomic E-state index is 12.0. The fourth-order valence-electron chi connectivity index (χ4n) is 2.32. The molecule has 6 heteroatoms. The van der Waals surface area contributed by atoms with Crippen molar-refractivity contribution in [2.75, 3.05) is 5.32 Å². The molecular formula is C15H24N4O2. The van der Waals surface area contributed by atoms with Gasteiger partial charge in [0, 0.05) is 18.2 Å². The molecular weight excluding hydrogens is 268 g/mol. The predicted molar refractivity (Wildman–Crippen MR) is 82.3 cm³/mol. The molecule has 0 unspecified atom stereocenters. The molecule has 0 atom stereocenters. The van der Waals surface area contributed by atoms with Crippen LogP contribution in [0.4, 0.5) is 5.69 Å². The molecule has 1 aromatic rings. The Kier molecular flexibility index (Phi) is 5.36. The molecule has 1 amide bonds. The molecule has 0 aromatic carbocycles. The van der Waals surface area contributed by atoms with Crippen LogP contribution in [0.15, 0.2) is 17.1 Å². The minimum absolute atomic E-state index is 0.0287. The van der Waals surface area contributed by atoms with E-state index in [-0.39, 0.29) is 24.1 Å². The number of nitrogens with zero attached hydrogens (tertiary/aromatic N) is 2. The lowest BCUT2D eigenvalue weighted by Crippen LogP contribution is -2.39. The summed E-state index contributed by atoms with van der Waals surface area (Å²) in [5.74, 6) is -0.169. The van der Waals surface area contributed by atoms with Crippen molar-refractivity contribution in [2.45, 2.75) is 64.6 Å². The van der Waals surface area contributed by atoms with Crippen LogP contribution < -0.4 is 16.2 Å². The highest BCUT2D eigenvalue weighted by atomic mass is 16.2. The van der Waals surface area contributed by atoms with Gasteiger partial charge in [-0.05, 0) is 32.1 Å². The van der Waals surface area contributed by atoms with Gasteiger partial charge in [0.1, 0.15) is 6.54 Å². The van der Waals surface area contributed by atoms with Crippen molar-refractivity contribution in [1.82, 2.24) is 15.1 Å². The van der Waals surface area contributed by atoms with Crippen LogP contribution in [0, 0.1) is 0 Å². The number of amides is 1. The van der Waals surface area contributed by atoms with Gasteiger partial charge in [-0.25, -0.2) is 4.68 Å². The third kappa shape index (κ3) is 4.31. The first-order valence-electron chi connectivity index (χ1n) is 7.75. The Bertz CT molecular complexity index is 533. The van der Waals surface area contributed by atoms with E-state index in [0.717, 1.165) is 31.4 Å². The number of anilines is 1. The standard InChI is InChI=1S/C15H24N4O2/c1-3-11(4-2)18-14(20)10-19-15(21)8-13(9-16-19)17-12-6-5-7-12/h8-9,11-12,17H,3-7,10H2,1-2H3,(H,18,20). The summed E-state index contributed by atoms with van der Waals surface area (Å²) in [5.41, 5.74) is 0.486. The molecule has 0 saturated heterocycles. The highest BCUT2D eigenvalue weighted by Gasteiger charge is 2.17. The number of hydrogen-bond acceptors (Lipinski definition) is 4. The lowest BCUT2D eigenvalue weighted by Gasteiger charge is -2.27. The van der Waals surface area contributed by atoms with Crippen LogP contribution in [0.2, 0.25) is 0 Å². The summed E-state index contributed by atoms with van der Waals surface area (Å²) in [7, 11) is 0. The number of aromatic nitrogens is 2. The Labute approximate surface area is 124 Å². The molecule has 2 rings (SSSR count). The van der Waals surface area contributed by atoms with E-state index in [1.165, 1.54) is 17.2 Å². The highest BCUT2D eigenvalue weighted by Crippen LogP contribution is 2.21. The van der Waals surface area contributed by atoms with Gasteiger partial charge in [-0.2, -0.15) is 5.10 Å². The van der Waals surface area contributed by atoms with Crippen molar-refractivity contribution >= 4 is 11.6 Å². The summed E-state index contributed by atoms with van der Waals surface area (Å²) < 4.78 is 1.20. The van der Waals surface area contributed by atoms with Gasteiger partial charge in [0.2, 0.25) is 5.91 Å². The second-order valence-corrected chi connectivity index (χ2v) is 5.59. The molecule has 21 heavy (non-hydrogen) atoms. The fourth-order valence-corrected chi connectivity index (χ4v) is 2.32. The second-order valence-electron chi connectivity index (χ2n) is 5.59. The molecule has 1 saturated carbocycles. The summed E-state index contributed by atoms with van der Waals surface area (Å²) in [6.45, 7) is 4.03. The van der Waals surface area contributed by atoms with Gasteiger partial charge in [-0.15, -0.1) is 0 Å². The molecule has 6 nitrogen and oxygen atoms in total. The van der Waals surface area contributed by atoms with E-state index in [1.54, 1.807) is 6.20 Å². The smallest absolute Gasteiger partial charge is 0.269 e. The van der Waals surface area contributed by atoms with E-state index < -0.39 is 0 Å². The Morgan fingerprint density at radius 3 is 2.67 bits per heavy atom. The van der Waals surface area contributed by atoms with Crippen LogP contribution in [-0.2, 0) is 11.3 Å². The van der Waals surface area contributed by atoms with Crippen LogP contribution in [0.3, 0.4) is 0 Å². The molecule has 0 spiro atoms. The Hall–Kier alpha value is -1.85. The Balaban J connectivity index is 1.93. The zero-order valence-electron chi connectivity index (χ0n) is 12.8. The maximum atomic E-state index is 12.0. The molecule has 0 aliphatic heterocycles. The van der Waals surface area contributed by atoms with Crippen molar-refractivity contribution in [3.63, 3.8) is 0 Å². The minimum atomic E-state index is -0.251. The molecule has 0 bridgehead atoms. The van der Waals surface area contributed by atoms with Crippen LogP contribution in [0.25, 0.3) is 0 Å². The van der Waals surface area contributed by atoms with Crippen molar-refractivity contribution in [2.24, 2.45) is 0 Å². The summed E-state index contributed by atoms with van der Waals surface area (Å²) in [6, 6.07) is 2.13. The molecule has 1 fully saturated rings. The van der Waals surface area contributed by atoms with E-state index in [1.807, 2.05) is 13.8 Å². The zero-order valence-corrected chi connectivity index (χ0v) is 12.8. The van der Waals surface area contributed by atoms with Gasteiger partial charge in [-0.3, -0.25) is 9.59 Å². The van der Waals surface area contributed by atoms with Crippen LogP contribution >= 0.6 is 0 Å². The molecule has 1 aliphatic rings. The molecule has 1 heterocycles. The van der Waals surface area contributed by atoms with Crippen molar-refractivity contribution in [3.8, 4) is 0 Å². The first-order chi connectivity index (χ1) is 10.1. The van der Waals surface area contributed by atoms with Crippen LogP contribution in [0.5, 0.6) is 0 Å². The Morgan fingerprint density at radius 2 is 2.14 bits per heavy atom. The van der Waals surface area contributed by atoms with Crippen LogP contribution in [0.1, 0.15) is 46.0 Å². The molecule has 2 N–H and O–H groups in total. The van der Waals surface area contributed by atoms with Gasteiger partial charge in [0.05, 0.1) is 11.9 Å². The third-order valence-electron chi connectivity index (χ3n) is 3.99. The molecule has 1 aromatic heterocycles. The highest BCUT2D eigenvalue weighted by molar-refractivity contribution is 5.75. The lowest BCUT2D eigenvalue weighted by molar-refractivity contribution is -0.122. The minimum Gasteiger partial charge on any atom is -0.381 e. The van der Waals surface area contributed by atoms with Gasteiger partial charge in [-0.1, -0.05) is 13.8 Å². The Morgan fingerprint density at radius 1 is 1.43 bits per heavy atom. The molecule has 1 aliphatic carbocycles. The van der Waals surface area contributed by atoms with Gasteiger partial charge in [0.25, 0.3) is 5.56 Å². The average Bonchev–Trinajstić information content (AvgIpc) is 2.43. The average molecular weight is 292 g/mol. The van der Waals surface area contributed by atoms with Gasteiger partial charge < -0.3 is 10.6 Å². The second kappa shape index (κ2) is 7.24. The number of carbonyl (C=O) groups is 1. The summed E-state index contributed by atoms with van der Waals surface area (Å²) >= 11 is 0. The van der Waals surface area contributed by atoms with E-state index in [4.69, 9.17) is 0 Å². The quantitative estimate of drug-likeness (QED) is 0.799. The predicted octanol–water partition coefficient (Wildman–Crippen LogP) is 1.51. The first kappa shape index (κ1) is 15.5. The van der Waals surface area contributed by atoms with E-state index in [0.29, 0.717) is 6.04 Å². The van der Waals surface area contributed by atoms with Crippen molar-refractivity contribution in [1.29, 1.82) is 0 Å². The molecule has 116 valence electrons. The fraction of sp³-hybridized carbons (Fsp3) is 0.667. The van der Waals surface area contributed by atoms with Crippen LogP contribution in [-0.4, -0.2) is 27.8 Å². The zero-order chi connectivity index (χ0) is 15.2. The summed E-state index contributed by atoms with van der Waals surface area (Å²) in [4.78, 5) is 23.9. The van der Waals surface area contributed by atoms with Gasteiger partial charge in [0.15, 0.2) is 0 Å². The topological polar surface area (TPSA) is 76.0 Å². The number of hydrogen-bond donors (Lipinski definition) is 2. The number of nitrogens with one attached hydrogen (secondary N) is 2. The lowest BCUT2D eigenvalue weighted by atomic mass is 9.93. The largest absolute Gasteiger partial charge is 0.381 e. The normalized spacial score (nSPS) is 14.8.